The highest BCUT2D eigenvalue weighted by atomic mass is 35.5. The van der Waals surface area contributed by atoms with Gasteiger partial charge in [0, 0.05) is 17.0 Å². The van der Waals surface area contributed by atoms with Crippen molar-refractivity contribution in [3.8, 4) is 11.5 Å². The van der Waals surface area contributed by atoms with Crippen LogP contribution in [-0.4, -0.2) is 20.8 Å². The van der Waals surface area contributed by atoms with Gasteiger partial charge in [-0.2, -0.15) is 0 Å². The Morgan fingerprint density at radius 2 is 1.87 bits per heavy atom. The van der Waals surface area contributed by atoms with E-state index in [4.69, 9.17) is 15.2 Å². The quantitative estimate of drug-likeness (QED) is 0.859. The van der Waals surface area contributed by atoms with Gasteiger partial charge in [-0.1, -0.05) is 0 Å². The molecule has 0 fully saturated rings. The average molecular weight is 230 g/mol. The number of halogens is 1. The molecular weight excluding hydrogens is 214 g/mol. The number of benzene rings is 1. The highest BCUT2D eigenvalue weighted by molar-refractivity contribution is 5.85. The van der Waals surface area contributed by atoms with E-state index in [-0.39, 0.29) is 12.4 Å². The first-order chi connectivity index (χ1) is 6.81. The van der Waals surface area contributed by atoms with E-state index in [0.29, 0.717) is 12.5 Å². The minimum Gasteiger partial charge on any atom is -0.496 e. The van der Waals surface area contributed by atoms with Gasteiger partial charge in [-0.3, -0.25) is 0 Å². The average Bonchev–Trinajstić information content (AvgIpc) is 2.19. The van der Waals surface area contributed by atoms with Gasteiger partial charge in [-0.25, -0.2) is 0 Å². The van der Waals surface area contributed by atoms with Gasteiger partial charge in [-0.05, 0) is 25.1 Å². The van der Waals surface area contributed by atoms with Crippen LogP contribution in [0.5, 0.6) is 11.5 Å². The van der Waals surface area contributed by atoms with Crippen molar-refractivity contribution in [1.82, 2.24) is 0 Å². The summed E-state index contributed by atoms with van der Waals surface area (Å²) >= 11 is 0. The molecule has 0 saturated carbocycles. The second kappa shape index (κ2) is 4.73. The van der Waals surface area contributed by atoms with E-state index in [2.05, 4.69) is 0 Å². The maximum atomic E-state index is 5.67. The Morgan fingerprint density at radius 1 is 1.27 bits per heavy atom. The number of nitrogens with two attached hydrogens (primary N) is 1. The lowest BCUT2D eigenvalue weighted by Gasteiger charge is -2.32. The molecular formula is C11H16ClNO2. The Bertz CT molecular complexity index is 355. The molecule has 1 aromatic rings. The smallest absolute Gasteiger partial charge is 0.122 e. The Hall–Kier alpha value is -0.930. The monoisotopic (exact) mass is 229 g/mol. The molecule has 1 unspecified atom stereocenters. The van der Waals surface area contributed by atoms with Gasteiger partial charge < -0.3 is 15.2 Å². The van der Waals surface area contributed by atoms with Crippen molar-refractivity contribution in [3.63, 3.8) is 0 Å². The molecule has 0 amide bonds. The molecule has 1 aliphatic carbocycles. The summed E-state index contributed by atoms with van der Waals surface area (Å²) in [6.07, 6.45) is 1.01. The summed E-state index contributed by atoms with van der Waals surface area (Å²) in [4.78, 5) is 0. The zero-order valence-corrected chi connectivity index (χ0v) is 9.76. The molecule has 2 rings (SSSR count). The van der Waals surface area contributed by atoms with Crippen molar-refractivity contribution in [2.45, 2.75) is 12.3 Å². The van der Waals surface area contributed by atoms with E-state index in [1.165, 1.54) is 11.1 Å². The molecule has 84 valence electrons. The third-order valence-electron chi connectivity index (χ3n) is 2.86. The zero-order valence-electron chi connectivity index (χ0n) is 8.95. The second-order valence-electron chi connectivity index (χ2n) is 3.50. The van der Waals surface area contributed by atoms with Crippen LogP contribution in [0.3, 0.4) is 0 Å². The number of methoxy groups -OCH3 is 2. The molecule has 0 aromatic heterocycles. The molecule has 1 atom stereocenters. The molecule has 2 N–H and O–H groups in total. The van der Waals surface area contributed by atoms with Crippen LogP contribution >= 0.6 is 12.4 Å². The van der Waals surface area contributed by atoms with Crippen molar-refractivity contribution < 1.29 is 9.47 Å². The van der Waals surface area contributed by atoms with Gasteiger partial charge in [0.2, 0.25) is 0 Å². The Balaban J connectivity index is 0.00000112. The van der Waals surface area contributed by atoms with E-state index in [9.17, 15) is 0 Å². The summed E-state index contributed by atoms with van der Waals surface area (Å²) in [5.41, 5.74) is 8.15. The van der Waals surface area contributed by atoms with E-state index < -0.39 is 0 Å². The first kappa shape index (κ1) is 12.1. The van der Waals surface area contributed by atoms with Gasteiger partial charge in [-0.15, -0.1) is 12.4 Å². The molecule has 0 heterocycles. The van der Waals surface area contributed by atoms with Gasteiger partial charge in [0.15, 0.2) is 0 Å². The van der Waals surface area contributed by atoms with Crippen molar-refractivity contribution in [1.29, 1.82) is 0 Å². The van der Waals surface area contributed by atoms with Crippen LogP contribution in [0.4, 0.5) is 0 Å². The van der Waals surface area contributed by atoms with Crippen LogP contribution in [0.15, 0.2) is 12.1 Å². The third-order valence-corrected chi connectivity index (χ3v) is 2.86. The summed E-state index contributed by atoms with van der Waals surface area (Å²) in [6.45, 7) is 0.677. The fourth-order valence-corrected chi connectivity index (χ4v) is 2.07. The number of fused-ring (bicyclic) bond motifs is 1. The minimum absolute atomic E-state index is 0. The van der Waals surface area contributed by atoms with Crippen molar-refractivity contribution in [2.24, 2.45) is 5.73 Å². The van der Waals surface area contributed by atoms with Crippen molar-refractivity contribution in [3.05, 3.63) is 23.3 Å². The summed E-state index contributed by atoms with van der Waals surface area (Å²) in [7, 11) is 3.38. The van der Waals surface area contributed by atoms with E-state index in [1.54, 1.807) is 14.2 Å². The second-order valence-corrected chi connectivity index (χ2v) is 3.50. The summed E-state index contributed by atoms with van der Waals surface area (Å²) in [5.74, 6) is 2.32. The van der Waals surface area contributed by atoms with Crippen LogP contribution in [0.2, 0.25) is 0 Å². The molecule has 1 aliphatic rings. The SMILES string of the molecule is COc1ccc(OC)c2c1CC2CN.Cl. The Kier molecular flexibility index (Phi) is 3.83. The largest absolute Gasteiger partial charge is 0.496 e. The van der Waals surface area contributed by atoms with Crippen LogP contribution in [0.1, 0.15) is 17.0 Å². The molecule has 15 heavy (non-hydrogen) atoms. The predicted molar refractivity (Wildman–Crippen MR) is 62.3 cm³/mol. The van der Waals surface area contributed by atoms with E-state index in [1.807, 2.05) is 12.1 Å². The van der Waals surface area contributed by atoms with E-state index >= 15 is 0 Å². The maximum absolute atomic E-state index is 5.67. The Labute approximate surface area is 96.0 Å². The molecule has 0 aliphatic heterocycles. The molecule has 0 radical (unpaired) electrons. The lowest BCUT2D eigenvalue weighted by Crippen LogP contribution is -2.26. The lowest BCUT2D eigenvalue weighted by atomic mass is 9.76. The van der Waals surface area contributed by atoms with Crippen LogP contribution < -0.4 is 15.2 Å². The number of rotatable bonds is 3. The van der Waals surface area contributed by atoms with Crippen LogP contribution in [0, 0.1) is 0 Å². The lowest BCUT2D eigenvalue weighted by molar-refractivity contribution is 0.377. The van der Waals surface area contributed by atoms with Crippen molar-refractivity contribution in [2.75, 3.05) is 20.8 Å². The first-order valence-electron chi connectivity index (χ1n) is 4.75. The molecule has 0 bridgehead atoms. The molecule has 0 spiro atoms. The number of ether oxygens (including phenoxy) is 2. The minimum atomic E-state index is 0. The standard InChI is InChI=1S/C11H15NO2.ClH/c1-13-9-3-4-10(14-2)11-7(6-12)5-8(9)11;/h3-4,7H,5-6,12H2,1-2H3;1H. The maximum Gasteiger partial charge on any atom is 0.122 e. The fraction of sp³-hybridized carbons (Fsp3) is 0.455. The normalized spacial score (nSPS) is 17.1. The van der Waals surface area contributed by atoms with Gasteiger partial charge >= 0.3 is 0 Å². The topological polar surface area (TPSA) is 44.5 Å². The predicted octanol–water partition coefficient (Wildman–Crippen LogP) is 1.72. The Morgan fingerprint density at radius 3 is 2.40 bits per heavy atom. The summed E-state index contributed by atoms with van der Waals surface area (Å²) < 4.78 is 10.6. The number of hydrogen-bond donors (Lipinski definition) is 1. The zero-order chi connectivity index (χ0) is 10.1. The van der Waals surface area contributed by atoms with Crippen LogP contribution in [0.25, 0.3) is 0 Å². The highest BCUT2D eigenvalue weighted by Gasteiger charge is 2.31. The van der Waals surface area contributed by atoms with Gasteiger partial charge in [0.1, 0.15) is 11.5 Å². The van der Waals surface area contributed by atoms with Gasteiger partial charge in [0.25, 0.3) is 0 Å². The molecule has 3 nitrogen and oxygen atoms in total. The highest BCUT2D eigenvalue weighted by Crippen LogP contribution is 2.45. The first-order valence-corrected chi connectivity index (χ1v) is 4.75. The van der Waals surface area contributed by atoms with Gasteiger partial charge in [0.05, 0.1) is 14.2 Å². The third kappa shape index (κ3) is 1.77. The summed E-state index contributed by atoms with van der Waals surface area (Å²) in [6, 6.07) is 3.89. The molecule has 1 aromatic carbocycles. The molecule has 0 saturated heterocycles. The van der Waals surface area contributed by atoms with Crippen molar-refractivity contribution >= 4 is 12.4 Å². The van der Waals surface area contributed by atoms with E-state index in [0.717, 1.165) is 17.9 Å². The fourth-order valence-electron chi connectivity index (χ4n) is 2.07. The number of hydrogen-bond acceptors (Lipinski definition) is 3. The molecule has 4 heteroatoms. The summed E-state index contributed by atoms with van der Waals surface area (Å²) in [5, 5.41) is 0. The van der Waals surface area contributed by atoms with Crippen LogP contribution in [-0.2, 0) is 6.42 Å².